The Balaban J connectivity index is 1.72. The molecule has 5 nitrogen and oxygen atoms in total. The molecule has 2 heterocycles. The molecule has 1 unspecified atom stereocenters. The molecule has 2 fully saturated rings. The maximum atomic E-state index is 6.58. The third kappa shape index (κ3) is 5.19. The molecular weight excluding hydrogens is 372 g/mol. The summed E-state index contributed by atoms with van der Waals surface area (Å²) in [4.78, 5) is 7.56. The molecule has 156 valence electrons. The van der Waals surface area contributed by atoms with Crippen LogP contribution in [0.4, 0.5) is 0 Å². The van der Waals surface area contributed by atoms with Crippen LogP contribution >= 0.6 is 11.6 Å². The molecule has 2 aliphatic rings. The molecule has 0 bridgehead atoms. The lowest BCUT2D eigenvalue weighted by Crippen LogP contribution is -2.46. The van der Waals surface area contributed by atoms with E-state index in [0.29, 0.717) is 6.04 Å². The fourth-order valence-corrected chi connectivity index (χ4v) is 4.83. The Morgan fingerprint density at radius 1 is 1.25 bits per heavy atom. The number of guanidine groups is 1. The number of likely N-dealkylation sites (N-methyl/N-ethyl adjacent to an activating group) is 1. The molecule has 2 saturated heterocycles. The summed E-state index contributed by atoms with van der Waals surface area (Å²) in [7, 11) is 0. The molecule has 28 heavy (non-hydrogen) atoms. The fourth-order valence-electron chi connectivity index (χ4n) is 4.50. The number of hydrogen-bond donors (Lipinski definition) is 2. The number of likely N-dealkylation sites (tertiary alicyclic amines) is 1. The van der Waals surface area contributed by atoms with Crippen molar-refractivity contribution in [1.82, 2.24) is 15.5 Å². The van der Waals surface area contributed by atoms with Gasteiger partial charge < -0.3 is 15.4 Å². The van der Waals surface area contributed by atoms with Crippen LogP contribution in [0.3, 0.4) is 0 Å². The van der Waals surface area contributed by atoms with Gasteiger partial charge in [-0.05, 0) is 57.3 Å². The van der Waals surface area contributed by atoms with Crippen molar-refractivity contribution < 1.29 is 4.74 Å². The van der Waals surface area contributed by atoms with E-state index in [0.717, 1.165) is 63.2 Å². The van der Waals surface area contributed by atoms with Crippen LogP contribution in [-0.2, 0) is 10.2 Å². The highest BCUT2D eigenvalue weighted by Crippen LogP contribution is 2.38. The van der Waals surface area contributed by atoms with Crippen LogP contribution in [0.25, 0.3) is 0 Å². The second kappa shape index (κ2) is 10.5. The van der Waals surface area contributed by atoms with Gasteiger partial charge >= 0.3 is 0 Å². The van der Waals surface area contributed by atoms with Crippen LogP contribution in [0.5, 0.6) is 0 Å². The zero-order valence-electron chi connectivity index (χ0n) is 17.3. The van der Waals surface area contributed by atoms with E-state index in [1.165, 1.54) is 24.9 Å². The first-order valence-electron chi connectivity index (χ1n) is 10.8. The van der Waals surface area contributed by atoms with Gasteiger partial charge in [-0.1, -0.05) is 36.7 Å². The molecule has 1 aromatic rings. The largest absolute Gasteiger partial charge is 0.381 e. The summed E-state index contributed by atoms with van der Waals surface area (Å²) in [5.74, 6) is 0.906. The number of nitrogens with one attached hydrogen (secondary N) is 2. The summed E-state index contributed by atoms with van der Waals surface area (Å²) in [5.41, 5.74) is 1.15. The van der Waals surface area contributed by atoms with Crippen LogP contribution in [0, 0.1) is 0 Å². The number of halogens is 1. The van der Waals surface area contributed by atoms with Crippen molar-refractivity contribution in [3.8, 4) is 0 Å². The Morgan fingerprint density at radius 2 is 2.04 bits per heavy atom. The van der Waals surface area contributed by atoms with Crippen LogP contribution in [0.2, 0.25) is 5.02 Å². The summed E-state index contributed by atoms with van der Waals surface area (Å²) < 4.78 is 5.65. The van der Waals surface area contributed by atoms with Gasteiger partial charge in [0, 0.05) is 42.8 Å². The Labute approximate surface area is 174 Å². The lowest BCUT2D eigenvalue weighted by Gasteiger charge is -2.37. The lowest BCUT2D eigenvalue weighted by molar-refractivity contribution is 0.0531. The molecule has 0 amide bonds. The number of hydrogen-bond acceptors (Lipinski definition) is 3. The average Bonchev–Trinajstić information content (AvgIpc) is 3.19. The highest BCUT2D eigenvalue weighted by Gasteiger charge is 2.36. The summed E-state index contributed by atoms with van der Waals surface area (Å²) in [6.45, 7) is 10.7. The topological polar surface area (TPSA) is 48.9 Å². The van der Waals surface area contributed by atoms with Crippen molar-refractivity contribution in [2.45, 2.75) is 51.0 Å². The number of benzene rings is 1. The molecule has 0 radical (unpaired) electrons. The van der Waals surface area contributed by atoms with Crippen LogP contribution in [0.1, 0.15) is 45.1 Å². The molecule has 3 rings (SSSR count). The van der Waals surface area contributed by atoms with Crippen molar-refractivity contribution >= 4 is 17.6 Å². The van der Waals surface area contributed by atoms with Crippen LogP contribution in [0.15, 0.2) is 29.3 Å². The number of ether oxygens (including phenoxy) is 1. The van der Waals surface area contributed by atoms with Gasteiger partial charge in [0.2, 0.25) is 0 Å². The van der Waals surface area contributed by atoms with Crippen molar-refractivity contribution in [2.75, 3.05) is 45.9 Å². The van der Waals surface area contributed by atoms with E-state index < -0.39 is 0 Å². The monoisotopic (exact) mass is 406 g/mol. The average molecular weight is 407 g/mol. The maximum absolute atomic E-state index is 6.58. The van der Waals surface area contributed by atoms with E-state index in [-0.39, 0.29) is 5.41 Å². The quantitative estimate of drug-likeness (QED) is 0.538. The molecule has 0 aliphatic carbocycles. The van der Waals surface area contributed by atoms with E-state index in [9.17, 15) is 0 Å². The highest BCUT2D eigenvalue weighted by molar-refractivity contribution is 6.31. The van der Waals surface area contributed by atoms with Gasteiger partial charge in [0.05, 0.1) is 6.54 Å². The van der Waals surface area contributed by atoms with E-state index in [2.05, 4.69) is 41.5 Å². The van der Waals surface area contributed by atoms with E-state index >= 15 is 0 Å². The summed E-state index contributed by atoms with van der Waals surface area (Å²) in [6.07, 6.45) is 4.46. The lowest BCUT2D eigenvalue weighted by atomic mass is 9.74. The van der Waals surface area contributed by atoms with Crippen molar-refractivity contribution in [3.05, 3.63) is 34.9 Å². The first-order valence-corrected chi connectivity index (χ1v) is 11.2. The van der Waals surface area contributed by atoms with Crippen LogP contribution < -0.4 is 10.6 Å². The minimum absolute atomic E-state index is 0.0538. The standard InChI is InChI=1S/C22H35ClN4O/c1-3-24-21(25-16-18-8-7-13-27(18)4-2)26-17-22(11-14-28-15-12-22)19-9-5-6-10-20(19)23/h5-6,9-10,18H,3-4,7-8,11-17H2,1-2H3,(H2,24,25,26). The SMILES string of the molecule is CCNC(=NCC1(c2ccccc2Cl)CCOCC1)NCC1CCCN1CC. The number of aliphatic imine (C=N–C) groups is 1. The van der Waals surface area contributed by atoms with Gasteiger partial charge in [0.25, 0.3) is 0 Å². The zero-order chi connectivity index (χ0) is 19.8. The predicted octanol–water partition coefficient (Wildman–Crippen LogP) is 3.43. The predicted molar refractivity (Wildman–Crippen MR) is 117 cm³/mol. The Bertz CT molecular complexity index is 645. The fraction of sp³-hybridized carbons (Fsp3) is 0.682. The molecule has 1 atom stereocenters. The van der Waals surface area contributed by atoms with Crippen molar-refractivity contribution in [3.63, 3.8) is 0 Å². The number of nitrogens with zero attached hydrogens (tertiary/aromatic N) is 2. The van der Waals surface area contributed by atoms with E-state index in [1.807, 2.05) is 12.1 Å². The van der Waals surface area contributed by atoms with Gasteiger partial charge in [0.15, 0.2) is 5.96 Å². The third-order valence-electron chi connectivity index (χ3n) is 6.19. The molecule has 1 aromatic carbocycles. The minimum Gasteiger partial charge on any atom is -0.381 e. The van der Waals surface area contributed by atoms with Crippen LogP contribution in [-0.4, -0.2) is 62.8 Å². The smallest absolute Gasteiger partial charge is 0.191 e. The summed E-state index contributed by atoms with van der Waals surface area (Å²) in [5, 5.41) is 7.84. The maximum Gasteiger partial charge on any atom is 0.191 e. The molecule has 0 spiro atoms. The summed E-state index contributed by atoms with van der Waals surface area (Å²) >= 11 is 6.58. The molecule has 0 saturated carbocycles. The van der Waals surface area contributed by atoms with Crippen molar-refractivity contribution in [2.24, 2.45) is 4.99 Å². The first kappa shape index (κ1) is 21.4. The molecule has 2 aliphatic heterocycles. The van der Waals surface area contributed by atoms with Crippen molar-refractivity contribution in [1.29, 1.82) is 0 Å². The number of rotatable bonds is 7. The van der Waals surface area contributed by atoms with E-state index in [4.69, 9.17) is 21.3 Å². The van der Waals surface area contributed by atoms with Gasteiger partial charge in [-0.25, -0.2) is 0 Å². The Kier molecular flexibility index (Phi) is 8.00. The Hall–Kier alpha value is -1.30. The second-order valence-corrected chi connectivity index (χ2v) is 8.28. The molecular formula is C22H35ClN4O. The summed E-state index contributed by atoms with van der Waals surface area (Å²) in [6, 6.07) is 8.82. The van der Waals surface area contributed by atoms with E-state index in [1.54, 1.807) is 0 Å². The Morgan fingerprint density at radius 3 is 2.75 bits per heavy atom. The van der Waals surface area contributed by atoms with Gasteiger partial charge in [-0.15, -0.1) is 0 Å². The first-order chi connectivity index (χ1) is 13.7. The second-order valence-electron chi connectivity index (χ2n) is 7.87. The minimum atomic E-state index is -0.0538. The van der Waals surface area contributed by atoms with Gasteiger partial charge in [-0.3, -0.25) is 9.89 Å². The highest BCUT2D eigenvalue weighted by atomic mass is 35.5. The molecule has 2 N–H and O–H groups in total. The zero-order valence-corrected chi connectivity index (χ0v) is 18.1. The normalized spacial score (nSPS) is 23.0. The van der Waals surface area contributed by atoms with Gasteiger partial charge in [-0.2, -0.15) is 0 Å². The third-order valence-corrected chi connectivity index (χ3v) is 6.52. The molecule has 6 heteroatoms. The van der Waals surface area contributed by atoms with Gasteiger partial charge in [0.1, 0.15) is 0 Å². The molecule has 0 aromatic heterocycles.